The van der Waals surface area contributed by atoms with Gasteiger partial charge in [-0.3, -0.25) is 0 Å². The summed E-state index contributed by atoms with van der Waals surface area (Å²) in [7, 11) is 0. The van der Waals surface area contributed by atoms with E-state index in [1.54, 1.807) is 11.3 Å². The minimum atomic E-state index is 0.581. The lowest BCUT2D eigenvalue weighted by Gasteiger charge is -2.17. The monoisotopic (exact) mass is 734 g/mol. The molecular weight excluding hydrogens is 705 g/mol. The third-order valence-corrected chi connectivity index (χ3v) is 11.4. The molecule has 0 spiro atoms. The summed E-state index contributed by atoms with van der Waals surface area (Å²) in [6.45, 7) is 0. The molecule has 56 heavy (non-hydrogen) atoms. The molecule has 6 nitrogen and oxygen atoms in total. The largest absolute Gasteiger partial charge is 0.309 e. The maximum Gasteiger partial charge on any atom is 0.164 e. The molecule has 0 saturated heterocycles. The number of thiophene rings is 1. The Balaban J connectivity index is 1.25. The van der Waals surface area contributed by atoms with Gasteiger partial charge in [0.05, 0.1) is 32.6 Å². The zero-order chi connectivity index (χ0) is 37.0. The number of fused-ring (bicyclic) bond motifs is 6. The molecule has 11 rings (SSSR count). The topological polar surface area (TPSA) is 69.4 Å². The maximum absolute atomic E-state index is 5.47. The highest BCUT2D eigenvalue weighted by molar-refractivity contribution is 7.26. The van der Waals surface area contributed by atoms with E-state index in [9.17, 15) is 0 Å². The van der Waals surface area contributed by atoms with Crippen LogP contribution in [-0.2, 0) is 0 Å². The molecule has 262 valence electrons. The van der Waals surface area contributed by atoms with Gasteiger partial charge in [0.2, 0.25) is 0 Å². The second kappa shape index (κ2) is 13.2. The number of aromatic nitrogens is 6. The van der Waals surface area contributed by atoms with Crippen LogP contribution < -0.4 is 0 Å². The molecule has 0 aliphatic heterocycles. The van der Waals surface area contributed by atoms with Crippen molar-refractivity contribution in [3.8, 4) is 62.5 Å². The molecular formula is C49H30N6S. The minimum Gasteiger partial charge on any atom is -0.309 e. The summed E-state index contributed by atoms with van der Waals surface area (Å²) in [4.78, 5) is 25.9. The van der Waals surface area contributed by atoms with E-state index in [0.717, 1.165) is 70.5 Å². The molecule has 4 heterocycles. The Bertz CT molecular complexity index is 3140. The lowest BCUT2D eigenvalue weighted by molar-refractivity contribution is 1.07. The Hall–Kier alpha value is -7.35. The van der Waals surface area contributed by atoms with Crippen LogP contribution in [0.3, 0.4) is 0 Å². The molecule has 7 aromatic carbocycles. The first-order valence-electron chi connectivity index (χ1n) is 18.5. The summed E-state index contributed by atoms with van der Waals surface area (Å²) in [5.74, 6) is 2.48. The van der Waals surface area contributed by atoms with Crippen LogP contribution in [0.5, 0.6) is 0 Å². The quantitative estimate of drug-likeness (QED) is 0.170. The Morgan fingerprint density at radius 2 is 0.839 bits per heavy atom. The van der Waals surface area contributed by atoms with Crippen LogP contribution >= 0.6 is 11.3 Å². The Kier molecular flexibility index (Phi) is 7.57. The first-order valence-corrected chi connectivity index (χ1v) is 19.3. The van der Waals surface area contributed by atoms with E-state index >= 15 is 0 Å². The van der Waals surface area contributed by atoms with Gasteiger partial charge in [-0.1, -0.05) is 146 Å². The van der Waals surface area contributed by atoms with Crippen molar-refractivity contribution < 1.29 is 0 Å². The summed E-state index contributed by atoms with van der Waals surface area (Å²) in [6.07, 6.45) is 0. The first-order chi connectivity index (χ1) is 27.8. The number of benzene rings is 7. The van der Waals surface area contributed by atoms with Crippen molar-refractivity contribution in [1.82, 2.24) is 29.5 Å². The highest BCUT2D eigenvalue weighted by atomic mass is 32.1. The molecule has 11 aromatic rings. The van der Waals surface area contributed by atoms with Gasteiger partial charge in [0.15, 0.2) is 23.3 Å². The average Bonchev–Trinajstić information content (AvgIpc) is 3.82. The molecule has 0 aliphatic carbocycles. The van der Waals surface area contributed by atoms with Crippen LogP contribution in [0.15, 0.2) is 182 Å². The maximum atomic E-state index is 5.47. The Labute approximate surface area is 326 Å². The van der Waals surface area contributed by atoms with Gasteiger partial charge in [0.25, 0.3) is 0 Å². The molecule has 4 aromatic heterocycles. The van der Waals surface area contributed by atoms with Crippen LogP contribution in [0.1, 0.15) is 0 Å². The first kappa shape index (κ1) is 32.1. The normalized spacial score (nSPS) is 11.6. The lowest BCUT2D eigenvalue weighted by atomic mass is 10.0. The zero-order valence-electron chi connectivity index (χ0n) is 29.9. The minimum absolute atomic E-state index is 0.581. The van der Waals surface area contributed by atoms with Gasteiger partial charge in [-0.15, -0.1) is 11.3 Å². The summed E-state index contributed by atoms with van der Waals surface area (Å²) < 4.78 is 4.55. The van der Waals surface area contributed by atoms with E-state index in [-0.39, 0.29) is 0 Å². The van der Waals surface area contributed by atoms with E-state index in [2.05, 4.69) is 108 Å². The van der Waals surface area contributed by atoms with Crippen LogP contribution in [-0.4, -0.2) is 29.5 Å². The third-order valence-electron chi connectivity index (χ3n) is 10.3. The van der Waals surface area contributed by atoms with Gasteiger partial charge < -0.3 is 4.57 Å². The van der Waals surface area contributed by atoms with Crippen LogP contribution in [0.25, 0.3) is 105 Å². The summed E-state index contributed by atoms with van der Waals surface area (Å²) >= 11 is 1.73. The van der Waals surface area contributed by atoms with E-state index in [0.29, 0.717) is 23.3 Å². The van der Waals surface area contributed by atoms with Crippen molar-refractivity contribution >= 4 is 53.4 Å². The van der Waals surface area contributed by atoms with Crippen LogP contribution in [0, 0.1) is 0 Å². The fourth-order valence-corrected chi connectivity index (χ4v) is 8.82. The summed E-state index contributed by atoms with van der Waals surface area (Å²) in [6, 6.07) is 62.7. The third kappa shape index (κ3) is 5.36. The van der Waals surface area contributed by atoms with Gasteiger partial charge in [-0.2, -0.15) is 0 Å². The fraction of sp³-hybridized carbons (Fsp3) is 0. The molecule has 7 heteroatoms. The van der Waals surface area contributed by atoms with Gasteiger partial charge in [0.1, 0.15) is 0 Å². The van der Waals surface area contributed by atoms with Crippen molar-refractivity contribution in [2.24, 2.45) is 0 Å². The number of hydrogen-bond donors (Lipinski definition) is 0. The lowest BCUT2D eigenvalue weighted by Crippen LogP contribution is -2.03. The average molecular weight is 735 g/mol. The van der Waals surface area contributed by atoms with Crippen molar-refractivity contribution in [3.63, 3.8) is 0 Å². The SMILES string of the molecule is c1ccc(-c2nc(-c3ccccc3)nc(-c3ccc(-n4c5ccccc5c5ccccc54)c(-c4nc(-c5ccccc5)nc5c4sc4ccccc45)c3)n2)cc1. The zero-order valence-corrected chi connectivity index (χ0v) is 30.7. The van der Waals surface area contributed by atoms with E-state index < -0.39 is 0 Å². The summed E-state index contributed by atoms with van der Waals surface area (Å²) in [5, 5.41) is 3.49. The predicted molar refractivity (Wildman–Crippen MR) is 230 cm³/mol. The highest BCUT2D eigenvalue weighted by Crippen LogP contribution is 2.44. The second-order valence-corrected chi connectivity index (χ2v) is 14.7. The van der Waals surface area contributed by atoms with Crippen molar-refractivity contribution in [2.45, 2.75) is 0 Å². The molecule has 0 radical (unpaired) electrons. The number of nitrogens with zero attached hydrogens (tertiary/aromatic N) is 6. The predicted octanol–water partition coefficient (Wildman–Crippen LogP) is 12.5. The van der Waals surface area contributed by atoms with Crippen molar-refractivity contribution in [2.75, 3.05) is 0 Å². The molecule has 0 aliphatic rings. The Morgan fingerprint density at radius 3 is 1.41 bits per heavy atom. The molecule has 0 atom stereocenters. The number of hydrogen-bond acceptors (Lipinski definition) is 6. The second-order valence-electron chi connectivity index (χ2n) is 13.7. The molecule has 0 saturated carbocycles. The highest BCUT2D eigenvalue weighted by Gasteiger charge is 2.23. The molecule has 0 amide bonds. The smallest absolute Gasteiger partial charge is 0.164 e. The van der Waals surface area contributed by atoms with Gasteiger partial charge in [0, 0.05) is 48.7 Å². The molecule has 0 bridgehead atoms. The van der Waals surface area contributed by atoms with E-state index in [1.807, 2.05) is 78.9 Å². The van der Waals surface area contributed by atoms with Gasteiger partial charge >= 0.3 is 0 Å². The van der Waals surface area contributed by atoms with E-state index in [4.69, 9.17) is 24.9 Å². The van der Waals surface area contributed by atoms with Crippen molar-refractivity contribution in [1.29, 1.82) is 0 Å². The van der Waals surface area contributed by atoms with Gasteiger partial charge in [-0.25, -0.2) is 24.9 Å². The molecule has 0 unspecified atom stereocenters. The fourth-order valence-electron chi connectivity index (χ4n) is 7.67. The summed E-state index contributed by atoms with van der Waals surface area (Å²) in [5.41, 5.74) is 9.64. The molecule has 0 fully saturated rings. The molecule has 0 N–H and O–H groups in total. The number of rotatable bonds is 6. The standard InChI is InChI=1S/C49H30N6S/c1-4-16-31(17-5-1)46-50-43-37-24-12-15-27-42(37)56-45(43)44(51-46)38-30-34(28-29-41(38)55-39-25-13-10-22-35(39)36-23-11-14-26-40(36)55)49-53-47(32-18-6-2-7-19-32)52-48(54-49)33-20-8-3-9-21-33/h1-30H. The van der Waals surface area contributed by atoms with Crippen molar-refractivity contribution in [3.05, 3.63) is 182 Å². The van der Waals surface area contributed by atoms with E-state index in [1.165, 1.54) is 10.8 Å². The van der Waals surface area contributed by atoms with Gasteiger partial charge in [-0.05, 0) is 36.4 Å². The van der Waals surface area contributed by atoms with Crippen LogP contribution in [0.4, 0.5) is 0 Å². The van der Waals surface area contributed by atoms with Crippen LogP contribution in [0.2, 0.25) is 0 Å². The Morgan fingerprint density at radius 1 is 0.375 bits per heavy atom. The number of para-hydroxylation sites is 2.